The Labute approximate surface area is 187 Å². The third-order valence-electron chi connectivity index (χ3n) is 5.92. The number of carbonyl (C=O) groups excluding carboxylic acids is 1. The number of fused-ring (bicyclic) bond motifs is 1. The molecule has 3 aromatic rings. The number of piperazine rings is 1. The lowest BCUT2D eigenvalue weighted by Crippen LogP contribution is -2.48. The molecule has 1 amide bonds. The highest BCUT2D eigenvalue weighted by atomic mass is 16.4. The van der Waals surface area contributed by atoms with Gasteiger partial charge in [-0.15, -0.1) is 0 Å². The van der Waals surface area contributed by atoms with E-state index in [0.717, 1.165) is 36.2 Å². The van der Waals surface area contributed by atoms with Crippen molar-refractivity contribution in [2.45, 2.75) is 26.4 Å². The molecule has 0 spiro atoms. The van der Waals surface area contributed by atoms with Gasteiger partial charge in [-0.25, -0.2) is 0 Å². The Morgan fingerprint density at radius 2 is 1.94 bits per heavy atom. The first-order valence-electron chi connectivity index (χ1n) is 10.9. The van der Waals surface area contributed by atoms with Gasteiger partial charge in [0.1, 0.15) is 6.04 Å². The minimum Gasteiger partial charge on any atom is -0.480 e. The molecule has 3 heterocycles. The fraction of sp³-hybridized carbons (Fsp3) is 0.375. The van der Waals surface area contributed by atoms with E-state index < -0.39 is 12.0 Å². The van der Waals surface area contributed by atoms with E-state index in [1.807, 2.05) is 55.1 Å². The van der Waals surface area contributed by atoms with Gasteiger partial charge < -0.3 is 15.4 Å². The van der Waals surface area contributed by atoms with Crippen LogP contribution in [0.4, 0.5) is 5.69 Å². The summed E-state index contributed by atoms with van der Waals surface area (Å²) < 4.78 is 0. The number of rotatable bonds is 7. The number of aromatic amines is 1. The van der Waals surface area contributed by atoms with Crippen molar-refractivity contribution < 1.29 is 14.7 Å². The molecule has 0 bridgehead atoms. The SMILES string of the molecule is CC(C)C(=O)Nc1ccc2[nH]cc([C@H](C(=O)O)N3CCN(Cc4ccccn4)CC3)c2c1. The molecule has 4 rings (SSSR count). The first kappa shape index (κ1) is 22.0. The lowest BCUT2D eigenvalue weighted by Gasteiger charge is -2.37. The number of nitrogens with one attached hydrogen (secondary N) is 2. The largest absolute Gasteiger partial charge is 0.480 e. The van der Waals surface area contributed by atoms with Crippen LogP contribution in [0.2, 0.25) is 0 Å². The number of benzene rings is 1. The van der Waals surface area contributed by atoms with Crippen LogP contribution in [0.1, 0.15) is 31.1 Å². The number of carboxylic acid groups (broad SMARTS) is 1. The average molecular weight is 436 g/mol. The molecule has 0 unspecified atom stereocenters. The Bertz CT molecular complexity index is 1090. The van der Waals surface area contributed by atoms with Gasteiger partial charge in [0, 0.05) is 73.2 Å². The Morgan fingerprint density at radius 3 is 2.59 bits per heavy atom. The van der Waals surface area contributed by atoms with Crippen molar-refractivity contribution in [3.8, 4) is 0 Å². The highest BCUT2D eigenvalue weighted by Crippen LogP contribution is 2.31. The number of aromatic nitrogens is 2. The van der Waals surface area contributed by atoms with Crippen molar-refractivity contribution in [2.75, 3.05) is 31.5 Å². The van der Waals surface area contributed by atoms with Crippen LogP contribution >= 0.6 is 0 Å². The maximum Gasteiger partial charge on any atom is 0.325 e. The maximum atomic E-state index is 12.3. The fourth-order valence-corrected chi connectivity index (χ4v) is 4.12. The molecule has 0 radical (unpaired) electrons. The molecular formula is C24H29N5O3. The van der Waals surface area contributed by atoms with E-state index in [1.165, 1.54) is 0 Å². The zero-order valence-corrected chi connectivity index (χ0v) is 18.4. The first-order chi connectivity index (χ1) is 15.4. The maximum absolute atomic E-state index is 12.3. The Hall–Kier alpha value is -3.23. The number of pyridine rings is 1. The summed E-state index contributed by atoms with van der Waals surface area (Å²) in [5, 5.41) is 13.8. The van der Waals surface area contributed by atoms with Gasteiger partial charge in [-0.05, 0) is 30.3 Å². The molecule has 1 aliphatic rings. The third-order valence-corrected chi connectivity index (χ3v) is 5.92. The second-order valence-electron chi connectivity index (χ2n) is 8.52. The molecule has 8 heteroatoms. The predicted octanol–water partition coefficient (Wildman–Crippen LogP) is 3.10. The van der Waals surface area contributed by atoms with Gasteiger partial charge in [0.15, 0.2) is 0 Å². The van der Waals surface area contributed by atoms with Gasteiger partial charge in [0.05, 0.1) is 5.69 Å². The topological polar surface area (TPSA) is 102 Å². The summed E-state index contributed by atoms with van der Waals surface area (Å²) in [6.07, 6.45) is 3.57. The zero-order valence-electron chi connectivity index (χ0n) is 18.4. The molecule has 1 aliphatic heterocycles. The van der Waals surface area contributed by atoms with Gasteiger partial charge in [0.2, 0.25) is 5.91 Å². The number of carbonyl (C=O) groups is 2. The van der Waals surface area contributed by atoms with Crippen molar-refractivity contribution in [3.63, 3.8) is 0 Å². The highest BCUT2D eigenvalue weighted by molar-refractivity contribution is 5.96. The summed E-state index contributed by atoms with van der Waals surface area (Å²) in [5.41, 5.74) is 3.25. The predicted molar refractivity (Wildman–Crippen MR) is 123 cm³/mol. The van der Waals surface area contributed by atoms with Gasteiger partial charge in [0.25, 0.3) is 0 Å². The molecule has 2 aromatic heterocycles. The highest BCUT2D eigenvalue weighted by Gasteiger charge is 2.32. The van der Waals surface area contributed by atoms with E-state index in [2.05, 4.69) is 20.2 Å². The smallest absolute Gasteiger partial charge is 0.325 e. The standard InChI is InChI=1S/C24H29N5O3/c1-16(2)23(30)27-17-6-7-21-19(13-17)20(14-26-21)22(24(31)32)29-11-9-28(10-12-29)15-18-5-3-4-8-25-18/h3-8,13-14,16,22,26H,9-12,15H2,1-2H3,(H,27,30)(H,31,32)/t22-/m1/s1. The quantitative estimate of drug-likeness (QED) is 0.527. The van der Waals surface area contributed by atoms with Crippen molar-refractivity contribution >= 4 is 28.5 Å². The zero-order chi connectivity index (χ0) is 22.7. The first-order valence-corrected chi connectivity index (χ1v) is 10.9. The van der Waals surface area contributed by atoms with Crippen LogP contribution in [0.15, 0.2) is 48.8 Å². The van der Waals surface area contributed by atoms with Crippen molar-refractivity contribution in [2.24, 2.45) is 5.92 Å². The van der Waals surface area contributed by atoms with Crippen LogP contribution in [0.3, 0.4) is 0 Å². The second-order valence-corrected chi connectivity index (χ2v) is 8.52. The molecule has 32 heavy (non-hydrogen) atoms. The summed E-state index contributed by atoms with van der Waals surface area (Å²) >= 11 is 0. The van der Waals surface area contributed by atoms with E-state index in [0.29, 0.717) is 24.3 Å². The number of anilines is 1. The molecule has 1 saturated heterocycles. The number of amides is 1. The van der Waals surface area contributed by atoms with E-state index >= 15 is 0 Å². The number of H-pyrrole nitrogens is 1. The number of nitrogens with zero attached hydrogens (tertiary/aromatic N) is 3. The molecule has 1 aromatic carbocycles. The third kappa shape index (κ3) is 4.81. The van der Waals surface area contributed by atoms with Crippen LogP contribution in [0, 0.1) is 5.92 Å². The van der Waals surface area contributed by atoms with Crippen LogP contribution in [0.25, 0.3) is 10.9 Å². The average Bonchev–Trinajstić information content (AvgIpc) is 3.18. The van der Waals surface area contributed by atoms with E-state index in [-0.39, 0.29) is 11.8 Å². The second kappa shape index (κ2) is 9.50. The molecule has 1 atom stereocenters. The van der Waals surface area contributed by atoms with E-state index in [4.69, 9.17) is 0 Å². The number of carboxylic acids is 1. The van der Waals surface area contributed by atoms with Gasteiger partial charge in [-0.3, -0.25) is 24.4 Å². The van der Waals surface area contributed by atoms with Crippen LogP contribution in [-0.4, -0.2) is 62.9 Å². The van der Waals surface area contributed by atoms with Crippen LogP contribution in [-0.2, 0) is 16.1 Å². The minimum absolute atomic E-state index is 0.0692. The summed E-state index contributed by atoms with van der Waals surface area (Å²) in [5.74, 6) is -1.08. The van der Waals surface area contributed by atoms with Crippen molar-refractivity contribution in [1.29, 1.82) is 0 Å². The number of hydrogen-bond acceptors (Lipinski definition) is 5. The van der Waals surface area contributed by atoms with Crippen molar-refractivity contribution in [3.05, 3.63) is 60.0 Å². The molecule has 1 fully saturated rings. The molecule has 3 N–H and O–H groups in total. The van der Waals surface area contributed by atoms with Gasteiger partial charge in [-0.1, -0.05) is 19.9 Å². The molecule has 168 valence electrons. The molecule has 0 aliphatic carbocycles. The fourth-order valence-electron chi connectivity index (χ4n) is 4.12. The normalized spacial score (nSPS) is 16.3. The monoisotopic (exact) mass is 435 g/mol. The Balaban J connectivity index is 1.51. The Morgan fingerprint density at radius 1 is 1.16 bits per heavy atom. The molecule has 0 saturated carbocycles. The lowest BCUT2D eigenvalue weighted by molar-refractivity contribution is -0.144. The van der Waals surface area contributed by atoms with Crippen LogP contribution < -0.4 is 5.32 Å². The van der Waals surface area contributed by atoms with Crippen molar-refractivity contribution in [1.82, 2.24) is 19.8 Å². The van der Waals surface area contributed by atoms with E-state index in [1.54, 1.807) is 12.4 Å². The Kier molecular flexibility index (Phi) is 6.53. The summed E-state index contributed by atoms with van der Waals surface area (Å²) in [4.78, 5) is 36.3. The summed E-state index contributed by atoms with van der Waals surface area (Å²) in [6.45, 7) is 7.29. The molecular weight excluding hydrogens is 406 g/mol. The van der Waals surface area contributed by atoms with Gasteiger partial charge in [-0.2, -0.15) is 0 Å². The van der Waals surface area contributed by atoms with Gasteiger partial charge >= 0.3 is 5.97 Å². The summed E-state index contributed by atoms with van der Waals surface area (Å²) in [6, 6.07) is 10.7. The number of aliphatic carboxylic acids is 1. The number of hydrogen-bond donors (Lipinski definition) is 3. The summed E-state index contributed by atoms with van der Waals surface area (Å²) in [7, 11) is 0. The van der Waals surface area contributed by atoms with E-state index in [9.17, 15) is 14.7 Å². The minimum atomic E-state index is -0.874. The lowest BCUT2D eigenvalue weighted by atomic mass is 10.0. The van der Waals surface area contributed by atoms with Crippen LogP contribution in [0.5, 0.6) is 0 Å². The molecule has 8 nitrogen and oxygen atoms in total.